The maximum atomic E-state index is 14.3. The van der Waals surface area contributed by atoms with Crippen LogP contribution in [0.3, 0.4) is 0 Å². The average molecular weight is 708 g/mol. The smallest absolute Gasteiger partial charge is 0.303 e. The van der Waals surface area contributed by atoms with E-state index in [2.05, 4.69) is 29.3 Å². The molecule has 5 unspecified atom stereocenters. The molecule has 2 saturated carbocycles. The van der Waals surface area contributed by atoms with E-state index in [1.807, 2.05) is 18.2 Å². The molecule has 0 amide bonds. The Balaban J connectivity index is 1.25. The molecule has 1 aromatic heterocycles. The van der Waals surface area contributed by atoms with Crippen molar-refractivity contribution in [1.82, 2.24) is 4.98 Å². The van der Waals surface area contributed by atoms with Crippen molar-refractivity contribution < 1.29 is 39.1 Å². The van der Waals surface area contributed by atoms with Crippen LogP contribution < -0.4 is 9.47 Å². The number of aromatic nitrogens is 1. The molecule has 4 aromatic rings. The van der Waals surface area contributed by atoms with Crippen LogP contribution in [0, 0.1) is 17.3 Å². The highest BCUT2D eigenvalue weighted by Gasteiger charge is 2.46. The van der Waals surface area contributed by atoms with Crippen molar-refractivity contribution in [2.45, 2.75) is 89.3 Å². The van der Waals surface area contributed by atoms with Crippen LogP contribution in [-0.4, -0.2) is 58.5 Å². The fourth-order valence-corrected chi connectivity index (χ4v) is 9.48. The third-order valence-electron chi connectivity index (χ3n) is 12.0. The van der Waals surface area contributed by atoms with Gasteiger partial charge in [-0.05, 0) is 108 Å². The number of rotatable bonds is 11. The molecule has 3 aromatic carbocycles. The monoisotopic (exact) mass is 707 g/mol. The number of carbonyl (C=O) groups is 2. The van der Waals surface area contributed by atoms with Crippen molar-refractivity contribution in [1.29, 1.82) is 0 Å². The Morgan fingerprint density at radius 2 is 1.69 bits per heavy atom. The summed E-state index contributed by atoms with van der Waals surface area (Å²) in [6.45, 7) is 1.27. The number of phenols is 2. The lowest BCUT2D eigenvalue weighted by molar-refractivity contribution is -0.154. The van der Waals surface area contributed by atoms with Gasteiger partial charge in [-0.25, -0.2) is 0 Å². The van der Waals surface area contributed by atoms with E-state index in [1.54, 1.807) is 18.2 Å². The second kappa shape index (κ2) is 14.7. The number of para-hydroxylation sites is 1. The normalized spacial score (nSPS) is 21.8. The Labute approximate surface area is 304 Å². The molecule has 3 aliphatic rings. The van der Waals surface area contributed by atoms with Crippen LogP contribution in [0.2, 0.25) is 0 Å². The Kier molecular flexibility index (Phi) is 10.1. The maximum Gasteiger partial charge on any atom is 0.303 e. The summed E-state index contributed by atoms with van der Waals surface area (Å²) < 4.78 is 16.5. The number of ketones is 1. The van der Waals surface area contributed by atoms with Gasteiger partial charge in [-0.1, -0.05) is 43.2 Å². The number of aromatic amines is 1. The van der Waals surface area contributed by atoms with E-state index in [0.717, 1.165) is 52.6 Å². The first-order valence-corrected chi connectivity index (χ1v) is 18.5. The number of ether oxygens (including phenoxy) is 3. The fourth-order valence-electron chi connectivity index (χ4n) is 9.48. The molecule has 0 radical (unpaired) electrons. The summed E-state index contributed by atoms with van der Waals surface area (Å²) in [6, 6.07) is 18.8. The first-order chi connectivity index (χ1) is 25.1. The number of phenolic OH excluding ortho intramolecular Hbond substituents is 2. The molecule has 9 nitrogen and oxygen atoms in total. The van der Waals surface area contributed by atoms with E-state index in [9.17, 15) is 24.9 Å². The van der Waals surface area contributed by atoms with Crippen molar-refractivity contribution in [2.24, 2.45) is 17.3 Å². The highest BCUT2D eigenvalue weighted by Crippen LogP contribution is 2.58. The molecule has 0 saturated heterocycles. The van der Waals surface area contributed by atoms with E-state index >= 15 is 0 Å². The molecule has 0 bridgehead atoms. The molecule has 52 heavy (non-hydrogen) atoms. The van der Waals surface area contributed by atoms with Crippen molar-refractivity contribution in [3.63, 3.8) is 0 Å². The van der Waals surface area contributed by atoms with Gasteiger partial charge in [0.2, 0.25) is 0 Å². The first-order valence-electron chi connectivity index (χ1n) is 18.5. The van der Waals surface area contributed by atoms with Gasteiger partial charge in [0.15, 0.2) is 23.0 Å². The molecule has 1 heterocycles. The van der Waals surface area contributed by atoms with Crippen molar-refractivity contribution in [2.75, 3.05) is 14.2 Å². The van der Waals surface area contributed by atoms with Crippen LogP contribution in [-0.2, 0) is 20.7 Å². The van der Waals surface area contributed by atoms with E-state index in [1.165, 1.54) is 52.9 Å². The molecule has 4 N–H and O–H groups in total. The Bertz CT molecular complexity index is 1960. The highest BCUT2D eigenvalue weighted by molar-refractivity contribution is 5.90. The molecular formula is C43H49NO8. The number of hydrogen-bond acceptors (Lipinski definition) is 8. The summed E-state index contributed by atoms with van der Waals surface area (Å²) in [5, 5.41) is 33.6. The van der Waals surface area contributed by atoms with Crippen LogP contribution in [0.5, 0.6) is 23.0 Å². The number of hydrogen-bond donors (Lipinski definition) is 4. The Hall–Kier alpha value is -4.76. The van der Waals surface area contributed by atoms with E-state index in [4.69, 9.17) is 14.2 Å². The summed E-state index contributed by atoms with van der Waals surface area (Å²) in [7, 11) is 2.98. The zero-order valence-corrected chi connectivity index (χ0v) is 30.2. The summed E-state index contributed by atoms with van der Waals surface area (Å²) in [5.41, 5.74) is 5.79. The highest BCUT2D eigenvalue weighted by atomic mass is 16.6. The molecule has 2 fully saturated rings. The van der Waals surface area contributed by atoms with Gasteiger partial charge in [0.25, 0.3) is 0 Å². The van der Waals surface area contributed by atoms with Crippen LogP contribution in [0.25, 0.3) is 16.5 Å². The standard InChI is InChI=1S/C43H49NO8/c1-25(45)52-42(38(48)16-26-10-11-37(47)40(17-26)50-2)21-29(46)20-31-30-12-15-43(13-6-7-14-43)24-28(30)18-34(32-22-39(49)41(51-3)23-33(31)32)36-19-27-8-4-5-9-35(27)44-36/h4-5,8-11,17-19,22-23,28,30-31,38,42,44,47-49H,6-7,12-16,20-21,24H2,1-3H3. The van der Waals surface area contributed by atoms with Gasteiger partial charge in [0.1, 0.15) is 11.9 Å². The maximum absolute atomic E-state index is 14.3. The number of esters is 1. The van der Waals surface area contributed by atoms with Crippen molar-refractivity contribution in [3.05, 3.63) is 89.1 Å². The second-order valence-corrected chi connectivity index (χ2v) is 15.2. The number of carbonyl (C=O) groups excluding carboxylic acids is 2. The van der Waals surface area contributed by atoms with Crippen LogP contribution in [0.1, 0.15) is 93.0 Å². The molecule has 0 aliphatic heterocycles. The lowest BCUT2D eigenvalue weighted by atomic mass is 9.60. The predicted molar refractivity (Wildman–Crippen MR) is 199 cm³/mol. The van der Waals surface area contributed by atoms with Gasteiger partial charge < -0.3 is 34.5 Å². The number of aliphatic hydroxyl groups is 1. The fraction of sp³-hybridized carbons (Fsp3) is 0.442. The molecule has 274 valence electrons. The zero-order chi connectivity index (χ0) is 36.6. The third-order valence-corrected chi connectivity index (χ3v) is 12.0. The summed E-state index contributed by atoms with van der Waals surface area (Å²) in [4.78, 5) is 30.2. The van der Waals surface area contributed by atoms with E-state index in [0.29, 0.717) is 16.7 Å². The molecule has 7 rings (SSSR count). The molecular weight excluding hydrogens is 658 g/mol. The van der Waals surface area contributed by atoms with Gasteiger partial charge in [0, 0.05) is 48.4 Å². The Morgan fingerprint density at radius 1 is 0.942 bits per heavy atom. The quantitative estimate of drug-likeness (QED) is 0.115. The number of H-pyrrole nitrogens is 1. The lowest BCUT2D eigenvalue weighted by Gasteiger charge is -2.44. The van der Waals surface area contributed by atoms with Gasteiger partial charge in [-0.15, -0.1) is 0 Å². The summed E-state index contributed by atoms with van der Waals surface area (Å²) in [5.74, 6) is 0.0870. The number of benzene rings is 3. The van der Waals surface area contributed by atoms with E-state index < -0.39 is 18.2 Å². The van der Waals surface area contributed by atoms with E-state index in [-0.39, 0.29) is 60.0 Å². The number of aromatic hydroxyl groups is 2. The minimum atomic E-state index is -1.17. The zero-order valence-electron chi connectivity index (χ0n) is 30.2. The minimum Gasteiger partial charge on any atom is -0.504 e. The van der Waals surface area contributed by atoms with Gasteiger partial charge in [-0.2, -0.15) is 0 Å². The third kappa shape index (κ3) is 7.16. The predicted octanol–water partition coefficient (Wildman–Crippen LogP) is 7.99. The van der Waals surface area contributed by atoms with Gasteiger partial charge in [0.05, 0.1) is 20.3 Å². The minimum absolute atomic E-state index is 0.0249. The second-order valence-electron chi connectivity index (χ2n) is 15.2. The number of allylic oxidation sites excluding steroid dienone is 1. The van der Waals surface area contributed by atoms with Crippen LogP contribution >= 0.6 is 0 Å². The summed E-state index contributed by atoms with van der Waals surface area (Å²) in [6.07, 6.45) is 8.39. The van der Waals surface area contributed by atoms with Crippen molar-refractivity contribution >= 4 is 28.2 Å². The number of aliphatic hydroxyl groups excluding tert-OH is 1. The SMILES string of the molecule is COc1cc(CC(O)C(CC(=O)CC2c3cc(OC)c(O)cc3C(c3cc4ccccc4[nH]3)=CC3CC4(CCCC4)CCC32)OC(C)=O)ccc1O. The lowest BCUT2D eigenvalue weighted by Crippen LogP contribution is -2.36. The Morgan fingerprint density at radius 3 is 2.42 bits per heavy atom. The molecule has 3 aliphatic carbocycles. The number of fused-ring (bicyclic) bond motifs is 3. The number of methoxy groups -OCH3 is 2. The first kappa shape index (κ1) is 35.6. The van der Waals surface area contributed by atoms with Gasteiger partial charge in [-0.3, -0.25) is 9.59 Å². The number of nitrogens with one attached hydrogen (secondary N) is 1. The van der Waals surface area contributed by atoms with Crippen LogP contribution in [0.15, 0.2) is 66.7 Å². The largest absolute Gasteiger partial charge is 0.504 e. The number of Topliss-reactive ketones (excluding diaryl/α,β-unsaturated/α-hetero) is 1. The van der Waals surface area contributed by atoms with Crippen LogP contribution in [0.4, 0.5) is 0 Å². The molecule has 9 heteroatoms. The van der Waals surface area contributed by atoms with Crippen molar-refractivity contribution in [3.8, 4) is 23.0 Å². The average Bonchev–Trinajstić information content (AvgIpc) is 3.74. The summed E-state index contributed by atoms with van der Waals surface area (Å²) >= 11 is 0. The molecule has 5 atom stereocenters. The molecule has 1 spiro atoms. The topological polar surface area (TPSA) is 138 Å². The van der Waals surface area contributed by atoms with Gasteiger partial charge >= 0.3 is 5.97 Å².